The fraction of sp³-hybridized carbons (Fsp3) is 0.250. The van der Waals surface area contributed by atoms with Gasteiger partial charge in [-0.15, -0.1) is 0 Å². The van der Waals surface area contributed by atoms with Crippen LogP contribution in [0.25, 0.3) is 38.8 Å². The van der Waals surface area contributed by atoms with Crippen molar-refractivity contribution in [3.8, 4) is 23.0 Å². The van der Waals surface area contributed by atoms with Crippen LogP contribution < -0.4 is 11.0 Å². The molecule has 2 aromatic carbocycles. The molecule has 0 aliphatic heterocycles. The summed E-state index contributed by atoms with van der Waals surface area (Å²) < 4.78 is 33.2. The summed E-state index contributed by atoms with van der Waals surface area (Å²) in [4.78, 5) is 32.0. The van der Waals surface area contributed by atoms with E-state index in [9.17, 15) is 23.2 Å². The van der Waals surface area contributed by atoms with Crippen LogP contribution >= 0.6 is 0 Å². The summed E-state index contributed by atoms with van der Waals surface area (Å²) >= 11 is 0. The fourth-order valence-corrected chi connectivity index (χ4v) is 4.72. The molecule has 3 aromatic heterocycles. The Morgan fingerprint density at radius 3 is 2.25 bits per heavy atom. The number of rotatable bonds is 7. The van der Waals surface area contributed by atoms with Crippen molar-refractivity contribution in [2.45, 2.75) is 32.9 Å². The molecule has 0 fully saturated rings. The maximum Gasteiger partial charge on any atom is 0.490 e. The van der Waals surface area contributed by atoms with Crippen molar-refractivity contribution < 1.29 is 23.1 Å². The highest BCUT2D eigenvalue weighted by Crippen LogP contribution is 2.35. The van der Waals surface area contributed by atoms with Crippen molar-refractivity contribution >= 4 is 27.8 Å². The van der Waals surface area contributed by atoms with Crippen LogP contribution in [0.15, 0.2) is 53.3 Å². The number of fused-ring (bicyclic) bond motifs is 2. The molecule has 5 aromatic rings. The average molecular weight is 553 g/mol. The summed E-state index contributed by atoms with van der Waals surface area (Å²) in [5.41, 5.74) is 5.94. The first-order chi connectivity index (χ1) is 19.1. The van der Waals surface area contributed by atoms with Gasteiger partial charge in [-0.25, -0.2) is 14.2 Å². The molecule has 0 radical (unpaired) electrons. The molecular formula is C28H27F3N6O3. The number of aliphatic carboxylic acids is 1. The molecule has 5 N–H and O–H groups in total. The number of aryl methyl sites for hydroxylation is 2. The van der Waals surface area contributed by atoms with Gasteiger partial charge in [0.05, 0.1) is 11.4 Å². The normalized spacial score (nSPS) is 11.4. The number of para-hydroxylation sites is 2. The second-order valence-electron chi connectivity index (χ2n) is 9.03. The van der Waals surface area contributed by atoms with E-state index >= 15 is 0 Å². The highest BCUT2D eigenvalue weighted by Gasteiger charge is 2.38. The molecule has 0 unspecified atom stereocenters. The molecule has 0 saturated heterocycles. The van der Waals surface area contributed by atoms with E-state index < -0.39 is 12.1 Å². The SMILES string of the molecule is CCNCCCc1[nH]c2ccccc2c1-c1[nH]c(=O)n(-c2c(C)[nH]c3ccccc23)c1C#N.O=C(O)C(F)(F)F. The lowest BCUT2D eigenvalue weighted by Crippen LogP contribution is -2.21. The van der Waals surface area contributed by atoms with Crippen molar-refractivity contribution in [3.05, 3.63) is 76.1 Å². The van der Waals surface area contributed by atoms with Gasteiger partial charge in [0.2, 0.25) is 0 Å². The van der Waals surface area contributed by atoms with Crippen molar-refractivity contribution in [2.75, 3.05) is 13.1 Å². The maximum atomic E-state index is 13.3. The average Bonchev–Trinajstić information content (AvgIpc) is 3.55. The molecule has 9 nitrogen and oxygen atoms in total. The molecule has 3 heterocycles. The zero-order valence-corrected chi connectivity index (χ0v) is 21.7. The highest BCUT2D eigenvalue weighted by atomic mass is 19.4. The summed E-state index contributed by atoms with van der Waals surface area (Å²) in [5, 5.41) is 22.6. The number of imidazole rings is 1. The molecule has 0 aliphatic rings. The molecule has 12 heteroatoms. The van der Waals surface area contributed by atoms with Crippen molar-refractivity contribution in [3.63, 3.8) is 0 Å². The third kappa shape index (κ3) is 5.50. The number of nitriles is 1. The predicted molar refractivity (Wildman–Crippen MR) is 146 cm³/mol. The number of H-pyrrole nitrogens is 3. The molecular weight excluding hydrogens is 525 g/mol. The number of halogens is 3. The van der Waals surface area contributed by atoms with Crippen LogP contribution in [0.4, 0.5) is 13.2 Å². The number of nitrogens with one attached hydrogen (secondary N) is 4. The van der Waals surface area contributed by atoms with E-state index in [-0.39, 0.29) is 5.69 Å². The van der Waals surface area contributed by atoms with Crippen molar-refractivity contribution in [1.29, 1.82) is 5.26 Å². The van der Waals surface area contributed by atoms with Crippen molar-refractivity contribution in [2.24, 2.45) is 0 Å². The quantitative estimate of drug-likeness (QED) is 0.178. The molecule has 40 heavy (non-hydrogen) atoms. The number of benzene rings is 2. The second-order valence-corrected chi connectivity index (χ2v) is 9.03. The Labute approximate surface area is 226 Å². The van der Waals surface area contributed by atoms with Crippen LogP contribution in [0, 0.1) is 18.3 Å². The van der Waals surface area contributed by atoms with E-state index in [1.165, 1.54) is 4.57 Å². The van der Waals surface area contributed by atoms with E-state index in [4.69, 9.17) is 9.90 Å². The third-order valence-electron chi connectivity index (χ3n) is 6.39. The van der Waals surface area contributed by atoms with Crippen LogP contribution in [-0.2, 0) is 11.2 Å². The summed E-state index contributed by atoms with van der Waals surface area (Å²) in [6, 6.07) is 18.2. The van der Waals surface area contributed by atoms with Gasteiger partial charge in [0.25, 0.3) is 0 Å². The zero-order valence-electron chi connectivity index (χ0n) is 21.7. The minimum Gasteiger partial charge on any atom is -0.475 e. The van der Waals surface area contributed by atoms with Crippen LogP contribution in [0.2, 0.25) is 0 Å². The first kappa shape index (κ1) is 28.3. The van der Waals surface area contributed by atoms with Gasteiger partial charge in [0.1, 0.15) is 6.07 Å². The summed E-state index contributed by atoms with van der Waals surface area (Å²) in [5.74, 6) is -2.76. The van der Waals surface area contributed by atoms with E-state index in [1.807, 2.05) is 55.5 Å². The number of hydrogen-bond acceptors (Lipinski definition) is 4. The standard InChI is InChI=1S/C26H26N6O.C2HF3O2/c1-3-28-14-8-13-21-23(17-9-4-6-11-19(17)30-21)24-22(15-27)32(26(33)31-24)25-16(2)29-20-12-7-5-10-18(20)25;3-2(4,5)1(6)7/h4-7,9-12,28-30H,3,8,13-14H2,1-2H3,(H,31,33);(H,6,7). The number of nitrogens with zero attached hydrogens (tertiary/aromatic N) is 2. The molecule has 0 bridgehead atoms. The Balaban J connectivity index is 0.000000470. The van der Waals surface area contributed by atoms with E-state index in [2.05, 4.69) is 33.3 Å². The van der Waals surface area contributed by atoms with Crippen molar-refractivity contribution in [1.82, 2.24) is 24.8 Å². The molecule has 0 amide bonds. The summed E-state index contributed by atoms with van der Waals surface area (Å²) in [6.07, 6.45) is -3.33. The fourth-order valence-electron chi connectivity index (χ4n) is 4.72. The zero-order chi connectivity index (χ0) is 29.0. The van der Waals surface area contributed by atoms with Crippen LogP contribution in [-0.4, -0.2) is 49.9 Å². The Morgan fingerprint density at radius 2 is 1.65 bits per heavy atom. The number of carboxylic acid groups (broad SMARTS) is 1. The number of alkyl halides is 3. The number of carboxylic acids is 1. The molecule has 5 rings (SSSR count). The Morgan fingerprint density at radius 1 is 1.05 bits per heavy atom. The second kappa shape index (κ2) is 11.5. The Bertz CT molecular complexity index is 1770. The first-order valence-electron chi connectivity index (χ1n) is 12.5. The minimum atomic E-state index is -5.08. The molecule has 0 spiro atoms. The van der Waals surface area contributed by atoms with Gasteiger partial charge in [-0.1, -0.05) is 43.3 Å². The predicted octanol–water partition coefficient (Wildman–Crippen LogP) is 5.15. The van der Waals surface area contributed by atoms with Crippen LogP contribution in [0.3, 0.4) is 0 Å². The number of aromatic nitrogens is 4. The maximum absolute atomic E-state index is 13.3. The third-order valence-corrected chi connectivity index (χ3v) is 6.39. The van der Waals surface area contributed by atoms with Gasteiger partial charge in [0, 0.05) is 38.8 Å². The molecule has 208 valence electrons. The number of carbonyl (C=O) groups is 1. The Kier molecular flexibility index (Phi) is 8.16. The number of hydrogen-bond donors (Lipinski definition) is 5. The molecule has 0 atom stereocenters. The molecule has 0 saturated carbocycles. The monoisotopic (exact) mass is 552 g/mol. The molecule has 0 aliphatic carbocycles. The lowest BCUT2D eigenvalue weighted by molar-refractivity contribution is -0.192. The number of aromatic amines is 3. The lowest BCUT2D eigenvalue weighted by atomic mass is 10.0. The van der Waals surface area contributed by atoms with Gasteiger partial charge in [-0.3, -0.25) is 0 Å². The minimum absolute atomic E-state index is 0.311. The van der Waals surface area contributed by atoms with Gasteiger partial charge < -0.3 is 25.4 Å². The lowest BCUT2D eigenvalue weighted by Gasteiger charge is -2.07. The van der Waals surface area contributed by atoms with Gasteiger partial charge in [0.15, 0.2) is 5.69 Å². The van der Waals surface area contributed by atoms with Gasteiger partial charge in [-0.05, 0) is 45.0 Å². The summed E-state index contributed by atoms with van der Waals surface area (Å²) in [6.45, 7) is 5.85. The van der Waals surface area contributed by atoms with Gasteiger partial charge >= 0.3 is 17.8 Å². The topological polar surface area (TPSA) is 142 Å². The van der Waals surface area contributed by atoms with Gasteiger partial charge in [-0.2, -0.15) is 18.4 Å². The van der Waals surface area contributed by atoms with E-state index in [0.717, 1.165) is 64.7 Å². The van der Waals surface area contributed by atoms with E-state index in [0.29, 0.717) is 17.1 Å². The largest absolute Gasteiger partial charge is 0.490 e. The van der Waals surface area contributed by atoms with E-state index in [1.54, 1.807) is 0 Å². The smallest absolute Gasteiger partial charge is 0.475 e. The van der Waals surface area contributed by atoms with Crippen LogP contribution in [0.1, 0.15) is 30.4 Å². The Hall–Kier alpha value is -4.76. The first-order valence-corrected chi connectivity index (χ1v) is 12.5. The summed E-state index contributed by atoms with van der Waals surface area (Å²) in [7, 11) is 0. The van der Waals surface area contributed by atoms with Crippen LogP contribution in [0.5, 0.6) is 0 Å². The highest BCUT2D eigenvalue weighted by molar-refractivity contribution is 5.98.